The summed E-state index contributed by atoms with van der Waals surface area (Å²) in [6, 6.07) is 0. The average molecular weight is 239 g/mol. The Morgan fingerprint density at radius 1 is 1.41 bits per heavy atom. The van der Waals surface area contributed by atoms with Gasteiger partial charge in [-0.1, -0.05) is 20.8 Å². The molecule has 0 amide bonds. The highest BCUT2D eigenvalue weighted by Crippen LogP contribution is 2.23. The molecule has 0 spiro atoms. The number of carbonyl (C=O) groups excluding carboxylic acids is 1. The van der Waals surface area contributed by atoms with Gasteiger partial charge < -0.3 is 4.74 Å². The molecule has 1 unspecified atom stereocenters. The van der Waals surface area contributed by atoms with Crippen molar-refractivity contribution in [1.82, 2.24) is 15.2 Å². The third kappa shape index (κ3) is 3.54. The number of carbonyl (C=O) groups is 1. The number of esters is 1. The van der Waals surface area contributed by atoms with Crippen molar-refractivity contribution in [2.24, 2.45) is 5.92 Å². The monoisotopic (exact) mass is 239 g/mol. The highest BCUT2D eigenvalue weighted by molar-refractivity contribution is 5.77. The second-order valence-electron chi connectivity index (χ2n) is 4.36. The molecular formula is C12H21N3O2. The minimum absolute atomic E-state index is 0.124. The topological polar surface area (TPSA) is 67.9 Å². The van der Waals surface area contributed by atoms with E-state index in [1.807, 2.05) is 13.8 Å². The molecule has 1 aromatic heterocycles. The first-order chi connectivity index (χ1) is 8.10. The van der Waals surface area contributed by atoms with E-state index in [4.69, 9.17) is 4.74 Å². The summed E-state index contributed by atoms with van der Waals surface area (Å²) in [5.74, 6) is 0.875. The van der Waals surface area contributed by atoms with Crippen molar-refractivity contribution in [3.8, 4) is 0 Å². The molecule has 0 aliphatic heterocycles. The Morgan fingerprint density at radius 2 is 2.12 bits per heavy atom. The van der Waals surface area contributed by atoms with Crippen LogP contribution in [0.5, 0.6) is 0 Å². The van der Waals surface area contributed by atoms with Gasteiger partial charge in [-0.15, -0.1) is 0 Å². The van der Waals surface area contributed by atoms with Gasteiger partial charge in [-0.05, 0) is 19.3 Å². The number of aromatic amines is 1. The summed E-state index contributed by atoms with van der Waals surface area (Å²) in [7, 11) is 0. The van der Waals surface area contributed by atoms with Gasteiger partial charge in [0.25, 0.3) is 0 Å². The summed E-state index contributed by atoms with van der Waals surface area (Å²) in [6.45, 7) is 8.20. The molecule has 1 atom stereocenters. The van der Waals surface area contributed by atoms with Crippen LogP contribution in [-0.2, 0) is 16.0 Å². The SMILES string of the molecule is CCCc1nc(C(C(=O)OCC)C(C)C)n[nH]1. The third-order valence-electron chi connectivity index (χ3n) is 2.52. The van der Waals surface area contributed by atoms with Gasteiger partial charge in [0.15, 0.2) is 5.82 Å². The van der Waals surface area contributed by atoms with Crippen LogP contribution in [0, 0.1) is 5.92 Å². The van der Waals surface area contributed by atoms with Crippen LogP contribution in [0.2, 0.25) is 0 Å². The molecule has 0 bridgehead atoms. The van der Waals surface area contributed by atoms with Crippen LogP contribution < -0.4 is 0 Å². The zero-order chi connectivity index (χ0) is 12.8. The van der Waals surface area contributed by atoms with Crippen LogP contribution in [0.3, 0.4) is 0 Å². The van der Waals surface area contributed by atoms with E-state index in [0.717, 1.165) is 18.7 Å². The second-order valence-corrected chi connectivity index (χ2v) is 4.36. The second kappa shape index (κ2) is 6.37. The van der Waals surface area contributed by atoms with E-state index in [0.29, 0.717) is 12.4 Å². The fourth-order valence-electron chi connectivity index (χ4n) is 1.71. The van der Waals surface area contributed by atoms with E-state index in [1.54, 1.807) is 6.92 Å². The lowest BCUT2D eigenvalue weighted by Crippen LogP contribution is -2.22. The lowest BCUT2D eigenvalue weighted by Gasteiger charge is -2.15. The Morgan fingerprint density at radius 3 is 2.65 bits per heavy atom. The van der Waals surface area contributed by atoms with E-state index >= 15 is 0 Å². The normalized spacial score (nSPS) is 12.8. The van der Waals surface area contributed by atoms with Crippen molar-refractivity contribution in [2.45, 2.75) is 46.5 Å². The molecule has 1 rings (SSSR count). The van der Waals surface area contributed by atoms with Crippen molar-refractivity contribution in [3.63, 3.8) is 0 Å². The van der Waals surface area contributed by atoms with Gasteiger partial charge in [-0.3, -0.25) is 9.89 Å². The maximum absolute atomic E-state index is 11.8. The zero-order valence-corrected chi connectivity index (χ0v) is 11.0. The van der Waals surface area contributed by atoms with Crippen molar-refractivity contribution in [2.75, 3.05) is 6.61 Å². The quantitative estimate of drug-likeness (QED) is 0.771. The molecule has 0 fully saturated rings. The van der Waals surface area contributed by atoms with Gasteiger partial charge in [-0.25, -0.2) is 4.98 Å². The average Bonchev–Trinajstić information content (AvgIpc) is 2.67. The number of nitrogens with one attached hydrogen (secondary N) is 1. The number of ether oxygens (including phenoxy) is 1. The molecule has 0 aliphatic rings. The molecule has 0 aromatic carbocycles. The van der Waals surface area contributed by atoms with E-state index in [2.05, 4.69) is 22.1 Å². The molecule has 96 valence electrons. The smallest absolute Gasteiger partial charge is 0.317 e. The highest BCUT2D eigenvalue weighted by atomic mass is 16.5. The molecule has 17 heavy (non-hydrogen) atoms. The number of aromatic nitrogens is 3. The number of rotatable bonds is 6. The van der Waals surface area contributed by atoms with E-state index in [9.17, 15) is 4.79 Å². The van der Waals surface area contributed by atoms with Gasteiger partial charge in [0.05, 0.1) is 6.61 Å². The van der Waals surface area contributed by atoms with Gasteiger partial charge in [-0.2, -0.15) is 5.10 Å². The van der Waals surface area contributed by atoms with Crippen molar-refractivity contribution < 1.29 is 9.53 Å². The highest BCUT2D eigenvalue weighted by Gasteiger charge is 2.29. The first kappa shape index (κ1) is 13.7. The zero-order valence-electron chi connectivity index (χ0n) is 11.0. The predicted octanol–water partition coefficient (Wildman–Crippen LogP) is 2.06. The maximum Gasteiger partial charge on any atom is 0.317 e. The summed E-state index contributed by atoms with van der Waals surface area (Å²) in [5, 5.41) is 6.99. The lowest BCUT2D eigenvalue weighted by molar-refractivity contribution is -0.146. The first-order valence-corrected chi connectivity index (χ1v) is 6.17. The Bertz CT molecular complexity index is 360. The van der Waals surface area contributed by atoms with Crippen LogP contribution in [0.1, 0.15) is 51.7 Å². The number of hydrogen-bond donors (Lipinski definition) is 1. The number of H-pyrrole nitrogens is 1. The summed E-state index contributed by atoms with van der Waals surface area (Å²) >= 11 is 0. The number of hydrogen-bond acceptors (Lipinski definition) is 4. The molecule has 0 aliphatic carbocycles. The van der Waals surface area contributed by atoms with E-state index in [1.165, 1.54) is 0 Å². The summed E-state index contributed by atoms with van der Waals surface area (Å²) in [4.78, 5) is 16.2. The predicted molar refractivity (Wildman–Crippen MR) is 64.6 cm³/mol. The molecule has 0 saturated heterocycles. The van der Waals surface area contributed by atoms with Crippen molar-refractivity contribution >= 4 is 5.97 Å². The van der Waals surface area contributed by atoms with Gasteiger partial charge in [0.2, 0.25) is 0 Å². The van der Waals surface area contributed by atoms with Crippen LogP contribution in [0.25, 0.3) is 0 Å². The Labute approximate surface area is 102 Å². The fourth-order valence-corrected chi connectivity index (χ4v) is 1.71. The van der Waals surface area contributed by atoms with Crippen LogP contribution in [0.15, 0.2) is 0 Å². The summed E-state index contributed by atoms with van der Waals surface area (Å²) in [5.41, 5.74) is 0. The van der Waals surface area contributed by atoms with Crippen molar-refractivity contribution in [1.29, 1.82) is 0 Å². The largest absolute Gasteiger partial charge is 0.465 e. The Balaban J connectivity index is 2.85. The number of aryl methyl sites for hydroxylation is 1. The molecule has 1 N–H and O–H groups in total. The summed E-state index contributed by atoms with van der Waals surface area (Å²) < 4.78 is 5.06. The molecule has 0 saturated carbocycles. The van der Waals surface area contributed by atoms with Gasteiger partial charge >= 0.3 is 5.97 Å². The first-order valence-electron chi connectivity index (χ1n) is 6.17. The molecule has 5 heteroatoms. The maximum atomic E-state index is 11.8. The minimum Gasteiger partial charge on any atom is -0.465 e. The molecule has 5 nitrogen and oxygen atoms in total. The third-order valence-corrected chi connectivity index (χ3v) is 2.52. The lowest BCUT2D eigenvalue weighted by atomic mass is 9.95. The van der Waals surface area contributed by atoms with Crippen LogP contribution >= 0.6 is 0 Å². The molecule has 1 aromatic rings. The van der Waals surface area contributed by atoms with Gasteiger partial charge in [0.1, 0.15) is 11.7 Å². The fraction of sp³-hybridized carbons (Fsp3) is 0.750. The Kier molecular flexibility index (Phi) is 5.12. The number of nitrogens with zero attached hydrogens (tertiary/aromatic N) is 2. The Hall–Kier alpha value is -1.39. The molecule has 1 heterocycles. The summed E-state index contributed by atoms with van der Waals surface area (Å²) in [6.07, 6.45) is 1.85. The van der Waals surface area contributed by atoms with Gasteiger partial charge in [0, 0.05) is 6.42 Å². The van der Waals surface area contributed by atoms with Crippen LogP contribution in [-0.4, -0.2) is 27.8 Å². The van der Waals surface area contributed by atoms with E-state index < -0.39 is 0 Å². The van der Waals surface area contributed by atoms with Crippen molar-refractivity contribution in [3.05, 3.63) is 11.6 Å². The molecular weight excluding hydrogens is 218 g/mol. The van der Waals surface area contributed by atoms with Crippen LogP contribution in [0.4, 0.5) is 0 Å². The minimum atomic E-state index is -0.378. The molecule has 0 radical (unpaired) electrons. The standard InChI is InChI=1S/C12H21N3O2/c1-5-7-9-13-11(15-14-9)10(8(3)4)12(16)17-6-2/h8,10H,5-7H2,1-4H3,(H,13,14,15). The van der Waals surface area contributed by atoms with E-state index in [-0.39, 0.29) is 17.8 Å².